The van der Waals surface area contributed by atoms with Gasteiger partial charge in [0.05, 0.1) is 12.7 Å². The fourth-order valence-electron chi connectivity index (χ4n) is 3.06. The maximum absolute atomic E-state index is 5.66. The lowest BCUT2D eigenvalue weighted by atomic mass is 10.2. The minimum atomic E-state index is 0.582. The van der Waals surface area contributed by atoms with Gasteiger partial charge in [-0.2, -0.15) is 0 Å². The lowest BCUT2D eigenvalue weighted by molar-refractivity contribution is 0.172. The zero-order chi connectivity index (χ0) is 18.0. The number of hydrogen-bond acceptors (Lipinski definition) is 4. The molecule has 3 rings (SSSR count). The number of piperazine rings is 1. The molecule has 1 saturated heterocycles. The molecule has 0 bridgehead atoms. The molecular weight excluding hydrogens is 326 g/mol. The van der Waals surface area contributed by atoms with E-state index >= 15 is 0 Å². The van der Waals surface area contributed by atoms with Crippen molar-refractivity contribution in [2.45, 2.75) is 6.54 Å². The van der Waals surface area contributed by atoms with Crippen LogP contribution in [0, 0.1) is 0 Å². The third-order valence-corrected chi connectivity index (χ3v) is 4.42. The second kappa shape index (κ2) is 9.77. The van der Waals surface area contributed by atoms with Gasteiger partial charge >= 0.3 is 0 Å². The summed E-state index contributed by atoms with van der Waals surface area (Å²) < 4.78 is 5.66. The molecule has 2 aromatic rings. The van der Waals surface area contributed by atoms with Crippen molar-refractivity contribution in [3.8, 4) is 5.75 Å². The smallest absolute Gasteiger partial charge is 0.193 e. The van der Waals surface area contributed by atoms with Gasteiger partial charge < -0.3 is 15.0 Å². The van der Waals surface area contributed by atoms with Crippen LogP contribution in [0.2, 0.25) is 0 Å². The number of benzene rings is 1. The predicted molar refractivity (Wildman–Crippen MR) is 104 cm³/mol. The van der Waals surface area contributed by atoms with Crippen molar-refractivity contribution in [2.24, 2.45) is 4.99 Å². The third-order valence-electron chi connectivity index (χ3n) is 4.42. The normalized spacial score (nSPS) is 15.7. The van der Waals surface area contributed by atoms with Crippen LogP contribution in [0.1, 0.15) is 5.56 Å². The quantitative estimate of drug-likeness (QED) is 0.488. The molecule has 1 aromatic carbocycles. The first-order valence-electron chi connectivity index (χ1n) is 9.10. The first-order chi connectivity index (χ1) is 12.8. The van der Waals surface area contributed by atoms with E-state index < -0.39 is 0 Å². The summed E-state index contributed by atoms with van der Waals surface area (Å²) in [4.78, 5) is 13.3. The van der Waals surface area contributed by atoms with E-state index in [4.69, 9.17) is 4.74 Å². The number of nitrogens with one attached hydrogen (secondary N) is 1. The van der Waals surface area contributed by atoms with Crippen molar-refractivity contribution in [3.05, 3.63) is 60.4 Å². The van der Waals surface area contributed by atoms with E-state index in [1.165, 1.54) is 5.56 Å². The number of aromatic nitrogens is 1. The van der Waals surface area contributed by atoms with Crippen LogP contribution >= 0.6 is 0 Å². The van der Waals surface area contributed by atoms with Crippen LogP contribution in [-0.2, 0) is 6.54 Å². The fourth-order valence-corrected chi connectivity index (χ4v) is 3.06. The number of hydrogen-bond donors (Lipinski definition) is 1. The zero-order valence-electron chi connectivity index (χ0n) is 15.3. The molecule has 26 heavy (non-hydrogen) atoms. The summed E-state index contributed by atoms with van der Waals surface area (Å²) in [6, 6.07) is 14.4. The monoisotopic (exact) mass is 353 g/mol. The Kier molecular flexibility index (Phi) is 6.84. The Morgan fingerprint density at radius 1 is 1.12 bits per heavy atom. The van der Waals surface area contributed by atoms with Gasteiger partial charge in [-0.05, 0) is 17.7 Å². The Labute approximate surface area is 155 Å². The maximum Gasteiger partial charge on any atom is 0.193 e. The molecule has 0 spiro atoms. The molecule has 0 amide bonds. The lowest BCUT2D eigenvalue weighted by Gasteiger charge is -2.36. The van der Waals surface area contributed by atoms with E-state index in [0.29, 0.717) is 13.2 Å². The van der Waals surface area contributed by atoms with Crippen molar-refractivity contribution in [1.82, 2.24) is 20.1 Å². The molecule has 6 heteroatoms. The van der Waals surface area contributed by atoms with E-state index in [-0.39, 0.29) is 0 Å². The molecule has 0 saturated carbocycles. The molecule has 6 nitrogen and oxygen atoms in total. The summed E-state index contributed by atoms with van der Waals surface area (Å²) in [6.45, 7) is 6.36. The van der Waals surface area contributed by atoms with Gasteiger partial charge in [0.2, 0.25) is 0 Å². The van der Waals surface area contributed by atoms with Crippen molar-refractivity contribution >= 4 is 5.96 Å². The number of nitrogens with zero attached hydrogens (tertiary/aromatic N) is 4. The van der Waals surface area contributed by atoms with Crippen LogP contribution in [0.3, 0.4) is 0 Å². The average molecular weight is 353 g/mol. The standard InChI is InChI=1S/C20H27N5O/c1-21-20(23-10-15-26-19-8-5-9-22-16-19)25-13-11-24(12-14-25)17-18-6-3-2-4-7-18/h2-9,16H,10-15,17H2,1H3,(H,21,23). The lowest BCUT2D eigenvalue weighted by Crippen LogP contribution is -2.52. The number of aliphatic imine (C=N–C) groups is 1. The van der Waals surface area contributed by atoms with Crippen LogP contribution in [0.5, 0.6) is 5.75 Å². The Balaban J connectivity index is 1.38. The van der Waals surface area contributed by atoms with Crippen molar-refractivity contribution in [2.75, 3.05) is 46.4 Å². The second-order valence-corrected chi connectivity index (χ2v) is 6.26. The molecule has 1 N–H and O–H groups in total. The van der Waals surface area contributed by atoms with Gasteiger partial charge in [-0.3, -0.25) is 14.9 Å². The number of pyridine rings is 1. The molecule has 0 aliphatic carbocycles. The predicted octanol–water partition coefficient (Wildman–Crippen LogP) is 1.85. The molecular formula is C20H27N5O. The van der Waals surface area contributed by atoms with E-state index in [1.54, 1.807) is 12.4 Å². The SMILES string of the molecule is CN=C(NCCOc1cccnc1)N1CCN(Cc2ccccc2)CC1. The van der Waals surface area contributed by atoms with Crippen LogP contribution in [-0.4, -0.2) is 67.1 Å². The van der Waals surface area contributed by atoms with Crippen LogP contribution in [0.4, 0.5) is 0 Å². The Hall–Kier alpha value is -2.60. The highest BCUT2D eigenvalue weighted by Gasteiger charge is 2.19. The number of ether oxygens (including phenoxy) is 1. The van der Waals surface area contributed by atoms with Gasteiger partial charge in [-0.15, -0.1) is 0 Å². The van der Waals surface area contributed by atoms with Crippen molar-refractivity contribution in [1.29, 1.82) is 0 Å². The summed E-state index contributed by atoms with van der Waals surface area (Å²) in [5, 5.41) is 3.39. The molecule has 1 aliphatic heterocycles. The Morgan fingerprint density at radius 2 is 1.92 bits per heavy atom. The largest absolute Gasteiger partial charge is 0.490 e. The molecule has 1 aromatic heterocycles. The zero-order valence-corrected chi connectivity index (χ0v) is 15.3. The van der Waals surface area contributed by atoms with Gasteiger partial charge in [-0.25, -0.2) is 0 Å². The van der Waals surface area contributed by atoms with Crippen LogP contribution in [0.15, 0.2) is 59.9 Å². The first kappa shape index (κ1) is 18.2. The van der Waals surface area contributed by atoms with Gasteiger partial charge in [0.1, 0.15) is 12.4 Å². The highest BCUT2D eigenvalue weighted by Crippen LogP contribution is 2.09. The third kappa shape index (κ3) is 5.46. The van der Waals surface area contributed by atoms with E-state index in [2.05, 4.69) is 55.4 Å². The minimum Gasteiger partial charge on any atom is -0.490 e. The van der Waals surface area contributed by atoms with E-state index in [0.717, 1.165) is 44.4 Å². The molecule has 2 heterocycles. The van der Waals surface area contributed by atoms with Crippen LogP contribution in [0.25, 0.3) is 0 Å². The molecule has 1 fully saturated rings. The topological polar surface area (TPSA) is 53.0 Å². The number of rotatable bonds is 6. The summed E-state index contributed by atoms with van der Waals surface area (Å²) >= 11 is 0. The highest BCUT2D eigenvalue weighted by atomic mass is 16.5. The Morgan fingerprint density at radius 3 is 2.62 bits per heavy atom. The summed E-state index contributed by atoms with van der Waals surface area (Å²) in [5.74, 6) is 1.73. The molecule has 0 atom stereocenters. The van der Waals surface area contributed by atoms with Gasteiger partial charge in [0.25, 0.3) is 0 Å². The van der Waals surface area contributed by atoms with Crippen molar-refractivity contribution in [3.63, 3.8) is 0 Å². The van der Waals surface area contributed by atoms with Gasteiger partial charge in [-0.1, -0.05) is 30.3 Å². The maximum atomic E-state index is 5.66. The van der Waals surface area contributed by atoms with Gasteiger partial charge in [0, 0.05) is 46.0 Å². The summed E-state index contributed by atoms with van der Waals surface area (Å²) in [6.07, 6.45) is 3.46. The summed E-state index contributed by atoms with van der Waals surface area (Å²) in [7, 11) is 1.83. The highest BCUT2D eigenvalue weighted by molar-refractivity contribution is 5.80. The van der Waals surface area contributed by atoms with Gasteiger partial charge in [0.15, 0.2) is 5.96 Å². The average Bonchev–Trinajstić information content (AvgIpc) is 2.70. The summed E-state index contributed by atoms with van der Waals surface area (Å²) in [5.41, 5.74) is 1.37. The minimum absolute atomic E-state index is 0.582. The van der Waals surface area contributed by atoms with Crippen molar-refractivity contribution < 1.29 is 4.74 Å². The molecule has 138 valence electrons. The van der Waals surface area contributed by atoms with E-state index in [1.807, 2.05) is 19.2 Å². The molecule has 0 unspecified atom stereocenters. The second-order valence-electron chi connectivity index (χ2n) is 6.26. The number of guanidine groups is 1. The molecule has 1 aliphatic rings. The van der Waals surface area contributed by atoms with E-state index in [9.17, 15) is 0 Å². The fraction of sp³-hybridized carbons (Fsp3) is 0.400. The Bertz CT molecular complexity index is 669. The molecule has 0 radical (unpaired) electrons. The van der Waals surface area contributed by atoms with Crippen LogP contribution < -0.4 is 10.1 Å². The first-order valence-corrected chi connectivity index (χ1v) is 9.10.